The fraction of sp³-hybridized carbons (Fsp3) is 0.286. The van der Waals surface area contributed by atoms with Gasteiger partial charge in [0.25, 0.3) is 0 Å². The maximum Gasteiger partial charge on any atom is 0.233 e. The first kappa shape index (κ1) is 16.5. The van der Waals surface area contributed by atoms with Crippen molar-refractivity contribution in [3.05, 3.63) is 78.4 Å². The number of nitrogens with zero attached hydrogens (tertiary/aromatic N) is 4. The molecule has 1 aliphatic carbocycles. The van der Waals surface area contributed by atoms with Gasteiger partial charge in [0.05, 0.1) is 17.1 Å². The normalized spacial score (nSPS) is 16.1. The molecule has 0 spiro atoms. The van der Waals surface area contributed by atoms with E-state index in [1.54, 1.807) is 11.0 Å². The molecule has 2 aromatic carbocycles. The number of rotatable bonds is 5. The predicted molar refractivity (Wildman–Crippen MR) is 99.9 cm³/mol. The molecule has 1 aromatic heterocycles. The second-order valence-electron chi connectivity index (χ2n) is 6.97. The summed E-state index contributed by atoms with van der Waals surface area (Å²) in [6, 6.07) is 18.3. The Morgan fingerprint density at radius 1 is 1.12 bits per heavy atom. The van der Waals surface area contributed by atoms with Crippen LogP contribution in [0.5, 0.6) is 0 Å². The van der Waals surface area contributed by atoms with Crippen molar-refractivity contribution in [2.45, 2.75) is 31.2 Å². The van der Waals surface area contributed by atoms with E-state index in [9.17, 15) is 4.79 Å². The zero-order valence-electron chi connectivity index (χ0n) is 15.0. The lowest BCUT2D eigenvalue weighted by Gasteiger charge is -2.30. The molecule has 4 rings (SSSR count). The van der Waals surface area contributed by atoms with E-state index in [-0.39, 0.29) is 17.4 Å². The van der Waals surface area contributed by atoms with Crippen LogP contribution in [-0.2, 0) is 10.2 Å². The average molecular weight is 346 g/mol. The minimum absolute atomic E-state index is 0.00786. The van der Waals surface area contributed by atoms with Gasteiger partial charge in [0.15, 0.2) is 0 Å². The van der Waals surface area contributed by atoms with Crippen LogP contribution in [-0.4, -0.2) is 32.6 Å². The number of carbonyl (C=O) groups excluding carboxylic acids is 1. The first-order chi connectivity index (χ1) is 12.6. The van der Waals surface area contributed by atoms with Crippen molar-refractivity contribution in [3.63, 3.8) is 0 Å². The highest BCUT2D eigenvalue weighted by Crippen LogP contribution is 2.50. The van der Waals surface area contributed by atoms with Crippen molar-refractivity contribution in [2.24, 2.45) is 0 Å². The number of aromatic nitrogens is 3. The molecule has 0 radical (unpaired) electrons. The first-order valence-electron chi connectivity index (χ1n) is 8.89. The van der Waals surface area contributed by atoms with Crippen molar-refractivity contribution in [1.29, 1.82) is 0 Å². The van der Waals surface area contributed by atoms with E-state index in [1.807, 2.05) is 54.4 Å². The maximum atomic E-state index is 13.2. The molecule has 1 unspecified atom stereocenters. The van der Waals surface area contributed by atoms with Crippen LogP contribution in [0, 0.1) is 0 Å². The van der Waals surface area contributed by atoms with Crippen LogP contribution in [0.15, 0.2) is 67.3 Å². The Morgan fingerprint density at radius 2 is 1.81 bits per heavy atom. The van der Waals surface area contributed by atoms with Gasteiger partial charge in [-0.05, 0) is 43.0 Å². The Balaban J connectivity index is 1.53. The van der Waals surface area contributed by atoms with Gasteiger partial charge in [0, 0.05) is 7.05 Å². The zero-order chi connectivity index (χ0) is 18.1. The number of amides is 1. The van der Waals surface area contributed by atoms with Gasteiger partial charge in [0.2, 0.25) is 5.91 Å². The summed E-state index contributed by atoms with van der Waals surface area (Å²) in [5.41, 5.74) is 2.86. The summed E-state index contributed by atoms with van der Waals surface area (Å²) in [7, 11) is 1.90. The molecule has 0 saturated heterocycles. The molecule has 5 nitrogen and oxygen atoms in total. The second kappa shape index (κ2) is 6.41. The van der Waals surface area contributed by atoms with E-state index in [1.165, 1.54) is 6.33 Å². The average Bonchev–Trinajstić information content (AvgIpc) is 3.33. The first-order valence-corrected chi connectivity index (χ1v) is 8.89. The van der Waals surface area contributed by atoms with Crippen LogP contribution in [0.2, 0.25) is 0 Å². The second-order valence-corrected chi connectivity index (χ2v) is 6.97. The van der Waals surface area contributed by atoms with Crippen LogP contribution >= 0.6 is 0 Å². The molecule has 1 aliphatic rings. The predicted octanol–water partition coefficient (Wildman–Crippen LogP) is 3.52. The summed E-state index contributed by atoms with van der Waals surface area (Å²) in [5, 5.41) is 4.14. The summed E-state index contributed by atoms with van der Waals surface area (Å²) in [6.45, 7) is 2.07. The highest BCUT2D eigenvalue weighted by atomic mass is 16.2. The fourth-order valence-electron chi connectivity index (χ4n) is 3.49. The third-order valence-corrected chi connectivity index (χ3v) is 5.45. The topological polar surface area (TPSA) is 51.0 Å². The van der Waals surface area contributed by atoms with E-state index < -0.39 is 0 Å². The number of hydrogen-bond acceptors (Lipinski definition) is 3. The zero-order valence-corrected chi connectivity index (χ0v) is 15.0. The van der Waals surface area contributed by atoms with Crippen molar-refractivity contribution in [3.8, 4) is 5.69 Å². The molecule has 1 fully saturated rings. The van der Waals surface area contributed by atoms with E-state index in [0.717, 1.165) is 29.7 Å². The van der Waals surface area contributed by atoms with Crippen molar-refractivity contribution < 1.29 is 4.79 Å². The van der Waals surface area contributed by atoms with Gasteiger partial charge < -0.3 is 4.90 Å². The molecule has 26 heavy (non-hydrogen) atoms. The Kier molecular flexibility index (Phi) is 4.07. The molecule has 132 valence electrons. The molecule has 0 aliphatic heterocycles. The van der Waals surface area contributed by atoms with E-state index >= 15 is 0 Å². The lowest BCUT2D eigenvalue weighted by Crippen LogP contribution is -2.38. The Morgan fingerprint density at radius 3 is 2.38 bits per heavy atom. The molecule has 3 aromatic rings. The standard InChI is InChI=1S/C21H22N4O/c1-16(17-8-10-19(11-9-17)25-15-22-14-23-25)24(2)20(26)21(12-13-21)18-6-4-3-5-7-18/h3-11,14-16H,12-13H2,1-2H3. The van der Waals surface area contributed by atoms with Gasteiger partial charge in [-0.2, -0.15) is 5.10 Å². The number of likely N-dealkylation sites (N-methyl/N-ethyl adjacent to an activating group) is 1. The lowest BCUT2D eigenvalue weighted by molar-refractivity contribution is -0.134. The highest BCUT2D eigenvalue weighted by Gasteiger charge is 2.52. The molecule has 1 amide bonds. The van der Waals surface area contributed by atoms with Crippen LogP contribution < -0.4 is 0 Å². The quantitative estimate of drug-likeness (QED) is 0.710. The molecule has 0 bridgehead atoms. The number of hydrogen-bond donors (Lipinski definition) is 0. The molecule has 0 N–H and O–H groups in total. The summed E-state index contributed by atoms with van der Waals surface area (Å²) in [4.78, 5) is 19.0. The van der Waals surface area contributed by atoms with Gasteiger partial charge >= 0.3 is 0 Å². The molecule has 1 saturated carbocycles. The minimum atomic E-state index is -0.328. The Bertz CT molecular complexity index is 884. The number of carbonyl (C=O) groups is 1. The monoisotopic (exact) mass is 346 g/mol. The largest absolute Gasteiger partial charge is 0.338 e. The minimum Gasteiger partial charge on any atom is -0.338 e. The lowest BCUT2D eigenvalue weighted by atomic mass is 9.93. The van der Waals surface area contributed by atoms with E-state index in [4.69, 9.17) is 0 Å². The summed E-state index contributed by atoms with van der Waals surface area (Å²) in [6.07, 6.45) is 5.04. The van der Waals surface area contributed by atoms with Crippen LogP contribution in [0.4, 0.5) is 0 Å². The smallest absolute Gasteiger partial charge is 0.233 e. The van der Waals surface area contributed by atoms with Gasteiger partial charge in [-0.1, -0.05) is 42.5 Å². The third kappa shape index (κ3) is 2.79. The maximum absolute atomic E-state index is 13.2. The number of benzene rings is 2. The van der Waals surface area contributed by atoms with Crippen molar-refractivity contribution in [2.75, 3.05) is 7.05 Å². The third-order valence-electron chi connectivity index (χ3n) is 5.45. The molecule has 1 atom stereocenters. The van der Waals surface area contributed by atoms with Gasteiger partial charge in [-0.3, -0.25) is 4.79 Å². The van der Waals surface area contributed by atoms with Gasteiger partial charge in [0.1, 0.15) is 12.7 Å². The van der Waals surface area contributed by atoms with Crippen molar-refractivity contribution >= 4 is 5.91 Å². The van der Waals surface area contributed by atoms with Crippen LogP contribution in [0.25, 0.3) is 5.69 Å². The highest BCUT2D eigenvalue weighted by molar-refractivity contribution is 5.91. The van der Waals surface area contributed by atoms with E-state index in [0.29, 0.717) is 0 Å². The van der Waals surface area contributed by atoms with Gasteiger partial charge in [-0.25, -0.2) is 9.67 Å². The molecule has 1 heterocycles. The van der Waals surface area contributed by atoms with Crippen LogP contribution in [0.1, 0.15) is 36.9 Å². The molecular weight excluding hydrogens is 324 g/mol. The Labute approximate surface area is 153 Å². The van der Waals surface area contributed by atoms with Crippen molar-refractivity contribution in [1.82, 2.24) is 19.7 Å². The van der Waals surface area contributed by atoms with E-state index in [2.05, 4.69) is 29.1 Å². The summed E-state index contributed by atoms with van der Waals surface area (Å²) in [5.74, 6) is 0.205. The SMILES string of the molecule is CC(c1ccc(-n2cncn2)cc1)N(C)C(=O)C1(c2ccccc2)CC1. The molecular formula is C21H22N4O. The Hall–Kier alpha value is -2.95. The van der Waals surface area contributed by atoms with Crippen LogP contribution in [0.3, 0.4) is 0 Å². The van der Waals surface area contributed by atoms with Gasteiger partial charge in [-0.15, -0.1) is 0 Å². The summed E-state index contributed by atoms with van der Waals surface area (Å²) < 4.78 is 1.72. The summed E-state index contributed by atoms with van der Waals surface area (Å²) >= 11 is 0. The molecule has 5 heteroatoms. The fourth-order valence-corrected chi connectivity index (χ4v) is 3.49.